The van der Waals surface area contributed by atoms with Crippen molar-refractivity contribution in [2.24, 2.45) is 4.99 Å². The Morgan fingerprint density at radius 3 is 2.71 bits per heavy atom. The number of rotatable bonds is 4. The lowest BCUT2D eigenvalue weighted by Crippen LogP contribution is -2.29. The summed E-state index contributed by atoms with van der Waals surface area (Å²) in [6.07, 6.45) is 7.15. The number of nitrogens with zero attached hydrogens (tertiary/aromatic N) is 1. The zero-order chi connectivity index (χ0) is 19.6. The summed E-state index contributed by atoms with van der Waals surface area (Å²) in [6.45, 7) is 0.652. The third kappa shape index (κ3) is 4.28. The number of aliphatic imine (C=N–C) groups is 1. The predicted octanol–water partition coefficient (Wildman–Crippen LogP) is 3.74. The van der Waals surface area contributed by atoms with Gasteiger partial charge in [0.05, 0.1) is 9.77 Å². The van der Waals surface area contributed by atoms with Gasteiger partial charge in [-0.1, -0.05) is 12.5 Å². The molecule has 1 aromatic carbocycles. The number of carbonyl (C=O) groups excluding carboxylic acids is 1. The van der Waals surface area contributed by atoms with Gasteiger partial charge in [0.15, 0.2) is 0 Å². The molecule has 0 saturated heterocycles. The first-order chi connectivity index (χ1) is 13.5. The molecule has 0 saturated carbocycles. The third-order valence-corrected chi connectivity index (χ3v) is 7.61. The Morgan fingerprint density at radius 2 is 1.89 bits per heavy atom. The maximum atomic E-state index is 12.7. The van der Waals surface area contributed by atoms with E-state index in [1.165, 1.54) is 41.8 Å². The van der Waals surface area contributed by atoms with E-state index in [0.29, 0.717) is 29.4 Å². The molecule has 1 amide bonds. The van der Waals surface area contributed by atoms with Crippen LogP contribution in [0.25, 0.3) is 0 Å². The number of hydrogen-bond acceptors (Lipinski definition) is 5. The number of thiophene rings is 1. The fraction of sp³-hybridized carbons (Fsp3) is 0.400. The van der Waals surface area contributed by atoms with Crippen molar-refractivity contribution < 1.29 is 13.2 Å². The summed E-state index contributed by atoms with van der Waals surface area (Å²) < 4.78 is 27.7. The van der Waals surface area contributed by atoms with Crippen LogP contribution >= 0.6 is 11.3 Å². The van der Waals surface area contributed by atoms with Crippen LogP contribution in [0.1, 0.15) is 52.2 Å². The van der Waals surface area contributed by atoms with Gasteiger partial charge in [-0.05, 0) is 61.9 Å². The quantitative estimate of drug-likeness (QED) is 0.743. The van der Waals surface area contributed by atoms with Crippen molar-refractivity contribution in [1.82, 2.24) is 4.72 Å². The molecule has 0 bridgehead atoms. The summed E-state index contributed by atoms with van der Waals surface area (Å²) in [5.74, 6) is 0.301. The van der Waals surface area contributed by atoms with Crippen LogP contribution in [0.5, 0.6) is 0 Å². The first-order valence-electron chi connectivity index (χ1n) is 9.60. The summed E-state index contributed by atoms with van der Waals surface area (Å²) in [4.78, 5) is 18.9. The maximum Gasteiger partial charge on any atom is 0.265 e. The minimum Gasteiger partial charge on any atom is -0.321 e. The number of benzene rings is 1. The molecular formula is C20H23N3O3S2. The van der Waals surface area contributed by atoms with Crippen LogP contribution in [-0.2, 0) is 22.9 Å². The Bertz CT molecular complexity index is 1000. The van der Waals surface area contributed by atoms with E-state index in [0.717, 1.165) is 19.3 Å². The monoisotopic (exact) mass is 417 g/mol. The van der Waals surface area contributed by atoms with Crippen molar-refractivity contribution in [3.8, 4) is 0 Å². The van der Waals surface area contributed by atoms with Crippen LogP contribution in [0.4, 0.5) is 5.69 Å². The summed E-state index contributed by atoms with van der Waals surface area (Å²) in [7, 11) is -3.70. The Morgan fingerprint density at radius 1 is 1.04 bits per heavy atom. The van der Waals surface area contributed by atoms with Gasteiger partial charge in [0.25, 0.3) is 15.9 Å². The number of amidine groups is 1. The number of nitrogens with one attached hydrogen (secondary N) is 2. The fourth-order valence-electron chi connectivity index (χ4n) is 3.55. The van der Waals surface area contributed by atoms with Crippen LogP contribution < -0.4 is 10.0 Å². The van der Waals surface area contributed by atoms with Gasteiger partial charge in [-0.15, -0.1) is 11.3 Å². The lowest BCUT2D eigenvalue weighted by atomic mass is 10.1. The second kappa shape index (κ2) is 8.05. The van der Waals surface area contributed by atoms with E-state index in [2.05, 4.69) is 15.0 Å². The summed E-state index contributed by atoms with van der Waals surface area (Å²) in [5, 5.41) is 2.84. The zero-order valence-corrected chi connectivity index (χ0v) is 17.2. The summed E-state index contributed by atoms with van der Waals surface area (Å²) in [5.41, 5.74) is 1.75. The van der Waals surface area contributed by atoms with Crippen molar-refractivity contribution >= 4 is 38.8 Å². The predicted molar refractivity (Wildman–Crippen MR) is 112 cm³/mol. The number of carbonyl (C=O) groups is 1. The second-order valence-corrected chi connectivity index (χ2v) is 9.96. The average Bonchev–Trinajstić information content (AvgIpc) is 3.27. The zero-order valence-electron chi connectivity index (χ0n) is 15.5. The third-order valence-electron chi connectivity index (χ3n) is 5.00. The van der Waals surface area contributed by atoms with Gasteiger partial charge >= 0.3 is 0 Å². The molecule has 28 heavy (non-hydrogen) atoms. The molecular weight excluding hydrogens is 394 g/mol. The smallest absolute Gasteiger partial charge is 0.265 e. The van der Waals surface area contributed by atoms with Gasteiger partial charge in [-0.3, -0.25) is 14.5 Å². The molecule has 1 aliphatic heterocycles. The van der Waals surface area contributed by atoms with Crippen molar-refractivity contribution in [3.05, 3.63) is 45.6 Å². The molecule has 0 atom stereocenters. The normalized spacial score (nSPS) is 16.8. The lowest BCUT2D eigenvalue weighted by Gasteiger charge is -2.09. The Balaban J connectivity index is 1.49. The first kappa shape index (κ1) is 19.1. The van der Waals surface area contributed by atoms with E-state index in [1.54, 1.807) is 23.5 Å². The maximum absolute atomic E-state index is 12.7. The summed E-state index contributed by atoms with van der Waals surface area (Å²) >= 11 is 1.55. The minimum absolute atomic E-state index is 0.113. The molecule has 2 N–H and O–H groups in total. The first-order valence-corrected chi connectivity index (χ1v) is 11.9. The van der Waals surface area contributed by atoms with Gasteiger partial charge in [0, 0.05) is 23.5 Å². The lowest BCUT2D eigenvalue weighted by molar-refractivity contribution is 0.103. The fourth-order valence-corrected chi connectivity index (χ4v) is 5.83. The number of aryl methyl sites for hydroxylation is 2. The molecule has 0 fully saturated rings. The van der Waals surface area contributed by atoms with Crippen LogP contribution in [0.2, 0.25) is 0 Å². The number of hydrogen-bond donors (Lipinski definition) is 2. The van der Waals surface area contributed by atoms with E-state index < -0.39 is 10.0 Å². The van der Waals surface area contributed by atoms with Gasteiger partial charge in [0.2, 0.25) is 0 Å². The highest BCUT2D eigenvalue weighted by Gasteiger charge is 2.20. The Hall–Kier alpha value is -2.19. The molecule has 1 aromatic heterocycles. The highest BCUT2D eigenvalue weighted by Crippen LogP contribution is 2.29. The second-order valence-electron chi connectivity index (χ2n) is 7.14. The van der Waals surface area contributed by atoms with Crippen molar-refractivity contribution in [2.45, 2.75) is 49.8 Å². The molecule has 0 unspecified atom stereocenters. The van der Waals surface area contributed by atoms with Gasteiger partial charge in [0.1, 0.15) is 5.84 Å². The molecule has 6 nitrogen and oxygen atoms in total. The van der Waals surface area contributed by atoms with E-state index in [-0.39, 0.29) is 10.8 Å². The van der Waals surface area contributed by atoms with E-state index in [9.17, 15) is 13.2 Å². The Labute approximate surface area is 169 Å². The van der Waals surface area contributed by atoms with Crippen molar-refractivity contribution in [2.75, 3.05) is 11.9 Å². The van der Waals surface area contributed by atoms with Crippen LogP contribution in [0, 0.1) is 0 Å². The van der Waals surface area contributed by atoms with Crippen LogP contribution in [0.15, 0.2) is 40.2 Å². The SMILES string of the molecule is O=C(Nc1cccc(S(=O)(=O)NC2=NCCC2)c1)c1cc2c(s1)CCCCC2. The molecule has 0 radical (unpaired) electrons. The standard InChI is InChI=1S/C20H23N3O3S2/c24-20(18-12-14-6-2-1-3-9-17(14)27-18)22-15-7-4-8-16(13-15)28(25,26)23-19-10-5-11-21-19/h4,7-8,12-13H,1-3,5-6,9-11H2,(H,21,23)(H,22,24). The number of anilines is 1. The number of sulfonamides is 1. The van der Waals surface area contributed by atoms with Crippen LogP contribution in [0.3, 0.4) is 0 Å². The van der Waals surface area contributed by atoms with Gasteiger partial charge in [-0.2, -0.15) is 0 Å². The molecule has 2 aromatic rings. The molecule has 8 heteroatoms. The molecule has 148 valence electrons. The van der Waals surface area contributed by atoms with Crippen molar-refractivity contribution in [3.63, 3.8) is 0 Å². The highest BCUT2D eigenvalue weighted by atomic mass is 32.2. The van der Waals surface area contributed by atoms with E-state index in [4.69, 9.17) is 0 Å². The number of amides is 1. The topological polar surface area (TPSA) is 87.6 Å². The van der Waals surface area contributed by atoms with E-state index >= 15 is 0 Å². The molecule has 2 heterocycles. The highest BCUT2D eigenvalue weighted by molar-refractivity contribution is 7.90. The number of fused-ring (bicyclic) bond motifs is 1. The largest absolute Gasteiger partial charge is 0.321 e. The molecule has 2 aliphatic rings. The molecule has 1 aliphatic carbocycles. The minimum atomic E-state index is -3.70. The summed E-state index contributed by atoms with van der Waals surface area (Å²) in [6, 6.07) is 8.31. The molecule has 0 spiro atoms. The average molecular weight is 418 g/mol. The van der Waals surface area contributed by atoms with Crippen LogP contribution in [-0.4, -0.2) is 26.7 Å². The van der Waals surface area contributed by atoms with Crippen molar-refractivity contribution in [1.29, 1.82) is 0 Å². The van der Waals surface area contributed by atoms with E-state index in [1.807, 2.05) is 6.07 Å². The van der Waals surface area contributed by atoms with Gasteiger partial charge in [-0.25, -0.2) is 8.42 Å². The Kier molecular flexibility index (Phi) is 5.50. The van der Waals surface area contributed by atoms with Gasteiger partial charge < -0.3 is 5.32 Å². The molecule has 4 rings (SSSR count).